The third kappa shape index (κ3) is 2.91. The molecule has 4 heterocycles. The first kappa shape index (κ1) is 21.0. The maximum atomic E-state index is 12.4. The summed E-state index contributed by atoms with van der Waals surface area (Å²) in [5.74, 6) is -2.63. The van der Waals surface area contributed by atoms with Gasteiger partial charge in [0.15, 0.2) is 0 Å². The molecule has 4 rings (SSSR count). The Morgan fingerprint density at radius 2 is 2.25 bits per heavy atom. The fourth-order valence-corrected chi connectivity index (χ4v) is 5.20. The predicted molar refractivity (Wildman–Crippen MR) is 94.6 cm³/mol. The Hall–Kier alpha value is -1.72. The van der Waals surface area contributed by atoms with Crippen molar-refractivity contribution >= 4 is 39.8 Å². The molecule has 1 fully saturated rings. The number of imidazole rings is 1. The smallest absolute Gasteiger partial charge is 0.543 e. The molecule has 0 aliphatic carbocycles. The van der Waals surface area contributed by atoms with E-state index in [-0.39, 0.29) is 53.1 Å². The van der Waals surface area contributed by atoms with Crippen LogP contribution >= 0.6 is 11.3 Å². The number of nitrogens with zero attached hydrogens (tertiary/aromatic N) is 4. The summed E-state index contributed by atoms with van der Waals surface area (Å²) in [5.41, 5.74) is 1.02. The molecule has 11 heteroatoms. The zero-order chi connectivity index (χ0) is 19.5. The largest absolute Gasteiger partial charge is 1.00 e. The number of carboxylic acids is 1. The summed E-state index contributed by atoms with van der Waals surface area (Å²) in [6.07, 6.45) is 4.01. The molecule has 0 saturated carbocycles. The van der Waals surface area contributed by atoms with E-state index in [9.17, 15) is 19.8 Å². The SMILES string of the molecule is CON=Cc1ncn2cc(C3=C(C(=O)[O-])N4C(=O)[C@H]([C@@H](C)O)[C@H]4[C@H]3C)sc12.[Na+]. The maximum absolute atomic E-state index is 12.4. The van der Waals surface area contributed by atoms with E-state index in [0.717, 1.165) is 4.83 Å². The first-order chi connectivity index (χ1) is 12.9. The van der Waals surface area contributed by atoms with Gasteiger partial charge in [0, 0.05) is 17.7 Å². The fraction of sp³-hybridized carbons (Fsp3) is 0.412. The van der Waals surface area contributed by atoms with Crippen LogP contribution < -0.4 is 34.7 Å². The van der Waals surface area contributed by atoms with E-state index in [4.69, 9.17) is 0 Å². The number of thiazole rings is 1. The van der Waals surface area contributed by atoms with Crippen molar-refractivity contribution in [2.24, 2.45) is 17.0 Å². The minimum absolute atomic E-state index is 0. The first-order valence-electron chi connectivity index (χ1n) is 8.36. The third-order valence-corrected chi connectivity index (χ3v) is 6.31. The summed E-state index contributed by atoms with van der Waals surface area (Å²) in [5, 5.41) is 25.5. The normalized spacial score (nSPS) is 25.1. The van der Waals surface area contributed by atoms with Gasteiger partial charge in [-0.25, -0.2) is 4.98 Å². The molecule has 28 heavy (non-hydrogen) atoms. The van der Waals surface area contributed by atoms with Crippen LogP contribution in [0.2, 0.25) is 0 Å². The Morgan fingerprint density at radius 3 is 2.86 bits per heavy atom. The van der Waals surface area contributed by atoms with Crippen LogP contribution in [-0.4, -0.2) is 56.7 Å². The third-order valence-electron chi connectivity index (χ3n) is 5.15. The Labute approximate surface area is 186 Å². The van der Waals surface area contributed by atoms with Gasteiger partial charge >= 0.3 is 29.6 Å². The zero-order valence-corrected chi connectivity index (χ0v) is 18.6. The van der Waals surface area contributed by atoms with Gasteiger partial charge in [-0.15, -0.1) is 11.3 Å². The van der Waals surface area contributed by atoms with Crippen LogP contribution in [0, 0.1) is 11.8 Å². The van der Waals surface area contributed by atoms with Gasteiger partial charge in [0.25, 0.3) is 0 Å². The van der Waals surface area contributed by atoms with Crippen LogP contribution in [0.3, 0.4) is 0 Å². The maximum Gasteiger partial charge on any atom is 1.00 e. The number of aliphatic carboxylic acids is 1. The molecule has 0 spiro atoms. The molecule has 2 aromatic heterocycles. The van der Waals surface area contributed by atoms with Crippen LogP contribution in [0.5, 0.6) is 0 Å². The number of aromatic nitrogens is 2. The van der Waals surface area contributed by atoms with Crippen LogP contribution in [-0.2, 0) is 14.4 Å². The zero-order valence-electron chi connectivity index (χ0n) is 15.8. The van der Waals surface area contributed by atoms with E-state index in [1.807, 2.05) is 6.92 Å². The number of β-lactam (4-membered cyclic amide) rings is 1. The molecule has 1 saturated heterocycles. The molecule has 0 aromatic carbocycles. The van der Waals surface area contributed by atoms with E-state index >= 15 is 0 Å². The number of hydrogen-bond donors (Lipinski definition) is 1. The van der Waals surface area contributed by atoms with Crippen molar-refractivity contribution in [3.8, 4) is 0 Å². The van der Waals surface area contributed by atoms with Gasteiger partial charge in [0.05, 0.1) is 40.8 Å². The molecule has 4 atom stereocenters. The number of carboxylic acid groups (broad SMARTS) is 1. The summed E-state index contributed by atoms with van der Waals surface area (Å²) < 4.78 is 1.77. The number of hydrogen-bond acceptors (Lipinski definition) is 8. The van der Waals surface area contributed by atoms with Crippen LogP contribution in [0.1, 0.15) is 24.4 Å². The second-order valence-electron chi connectivity index (χ2n) is 6.66. The van der Waals surface area contributed by atoms with Crippen molar-refractivity contribution in [1.29, 1.82) is 0 Å². The van der Waals surface area contributed by atoms with Crippen molar-refractivity contribution in [3.05, 3.63) is 28.8 Å². The van der Waals surface area contributed by atoms with Crippen molar-refractivity contribution in [3.63, 3.8) is 0 Å². The predicted octanol–water partition coefficient (Wildman–Crippen LogP) is -3.30. The molecular formula is C17H17N4NaO5S. The number of carbonyl (C=O) groups is 2. The van der Waals surface area contributed by atoms with Crippen LogP contribution in [0.15, 0.2) is 23.4 Å². The number of rotatable bonds is 5. The summed E-state index contributed by atoms with van der Waals surface area (Å²) >= 11 is 1.35. The topological polar surface area (TPSA) is 120 Å². The Balaban J connectivity index is 0.00000225. The van der Waals surface area contributed by atoms with Gasteiger partial charge in [-0.05, 0) is 6.92 Å². The average Bonchev–Trinajstić information content (AvgIpc) is 3.23. The molecule has 0 unspecified atom stereocenters. The quantitative estimate of drug-likeness (QED) is 0.238. The number of amides is 1. The number of oxime groups is 1. The van der Waals surface area contributed by atoms with E-state index in [1.165, 1.54) is 29.6 Å². The van der Waals surface area contributed by atoms with E-state index in [2.05, 4.69) is 15.0 Å². The molecule has 142 valence electrons. The van der Waals surface area contributed by atoms with E-state index in [1.54, 1.807) is 23.8 Å². The minimum atomic E-state index is -1.39. The van der Waals surface area contributed by atoms with Gasteiger partial charge in [-0.1, -0.05) is 12.1 Å². The van der Waals surface area contributed by atoms with Gasteiger partial charge < -0.3 is 24.7 Å². The Morgan fingerprint density at radius 1 is 1.54 bits per heavy atom. The first-order valence-corrected chi connectivity index (χ1v) is 9.18. The number of aliphatic hydroxyl groups is 1. The Kier molecular flexibility index (Phi) is 5.70. The number of fused-ring (bicyclic) bond motifs is 2. The summed E-state index contributed by atoms with van der Waals surface area (Å²) in [4.78, 5) is 35.9. The minimum Gasteiger partial charge on any atom is -0.543 e. The van der Waals surface area contributed by atoms with Crippen molar-refractivity contribution in [2.75, 3.05) is 7.11 Å². The second kappa shape index (κ2) is 7.60. The second-order valence-corrected chi connectivity index (χ2v) is 7.69. The summed E-state index contributed by atoms with van der Waals surface area (Å²) in [6.45, 7) is 3.41. The van der Waals surface area contributed by atoms with Crippen molar-refractivity contribution in [1.82, 2.24) is 14.3 Å². The number of aliphatic hydroxyl groups excluding tert-OH is 1. The summed E-state index contributed by atoms with van der Waals surface area (Å²) in [6, 6.07) is -0.380. The molecule has 1 amide bonds. The van der Waals surface area contributed by atoms with Gasteiger partial charge in [-0.2, -0.15) is 0 Å². The van der Waals surface area contributed by atoms with Gasteiger partial charge in [0.1, 0.15) is 24.0 Å². The fourth-order valence-electron chi connectivity index (χ4n) is 4.02. The van der Waals surface area contributed by atoms with Crippen LogP contribution in [0.25, 0.3) is 10.4 Å². The molecule has 2 aromatic rings. The van der Waals surface area contributed by atoms with E-state index < -0.39 is 18.0 Å². The molecule has 1 N–H and O–H groups in total. The molecular weight excluding hydrogens is 395 g/mol. The van der Waals surface area contributed by atoms with Gasteiger partial charge in [-0.3, -0.25) is 9.20 Å². The molecule has 2 aliphatic heterocycles. The van der Waals surface area contributed by atoms with Crippen molar-refractivity contribution in [2.45, 2.75) is 26.0 Å². The molecule has 2 aliphatic rings. The average molecular weight is 412 g/mol. The summed E-state index contributed by atoms with van der Waals surface area (Å²) in [7, 11) is 1.43. The van der Waals surface area contributed by atoms with Crippen molar-refractivity contribution < 1.29 is 54.2 Å². The molecule has 9 nitrogen and oxygen atoms in total. The monoisotopic (exact) mass is 412 g/mol. The van der Waals surface area contributed by atoms with E-state index in [0.29, 0.717) is 16.1 Å². The Bertz CT molecular complexity index is 1010. The van der Waals surface area contributed by atoms with Gasteiger partial charge in [0.2, 0.25) is 5.91 Å². The molecule has 0 radical (unpaired) electrons. The standard InChI is InChI=1S/C17H18N4O5S.Na/c1-7-11(10-5-20-6-18-9(4-19-26-3)16(20)27-10)14(17(24)25)21-13(7)12(8(2)22)15(21)23;/h4-8,12-13,22H,1-3H3,(H,24,25);/q;+1/p-1/t7-,8+,12+,13+;/m0./s1. The molecule has 0 bridgehead atoms. The number of carbonyl (C=O) groups excluding carboxylic acids is 2. The van der Waals surface area contributed by atoms with Crippen LogP contribution in [0.4, 0.5) is 0 Å².